The molecule has 82 valence electrons. The van der Waals surface area contributed by atoms with Crippen LogP contribution in [0.15, 0.2) is 11.2 Å². The Bertz CT molecular complexity index is 390. The van der Waals surface area contributed by atoms with Gasteiger partial charge in [0.1, 0.15) is 6.20 Å². The van der Waals surface area contributed by atoms with Gasteiger partial charge in [-0.05, 0) is 0 Å². The lowest BCUT2D eigenvalue weighted by Crippen LogP contribution is -1.96. The topological polar surface area (TPSA) is 98.3 Å². The largest absolute Gasteiger partial charge is 0.481 e. The second-order valence-electron chi connectivity index (χ2n) is 2.74. The zero-order valence-electron chi connectivity index (χ0n) is 7.91. The molecular weight excluding hydrogens is 222 g/mol. The molecule has 1 rings (SSSR count). The summed E-state index contributed by atoms with van der Waals surface area (Å²) in [6.45, 7) is 0. The zero-order valence-corrected chi connectivity index (χ0v) is 8.73. The van der Waals surface area contributed by atoms with E-state index in [4.69, 9.17) is 5.11 Å². The monoisotopic (exact) mass is 231 g/mol. The first-order valence-corrected chi connectivity index (χ1v) is 5.02. The van der Waals surface area contributed by atoms with Gasteiger partial charge in [-0.1, -0.05) is 11.8 Å². The first-order chi connectivity index (χ1) is 7.00. The van der Waals surface area contributed by atoms with E-state index in [9.17, 15) is 14.9 Å². The number of carboxylic acids is 1. The molecule has 0 fully saturated rings. The van der Waals surface area contributed by atoms with E-state index in [0.717, 1.165) is 11.8 Å². The van der Waals surface area contributed by atoms with Crippen molar-refractivity contribution in [1.82, 2.24) is 9.78 Å². The summed E-state index contributed by atoms with van der Waals surface area (Å²) < 4.78 is 1.33. The van der Waals surface area contributed by atoms with Crippen LogP contribution in [0.25, 0.3) is 0 Å². The van der Waals surface area contributed by atoms with Crippen LogP contribution < -0.4 is 0 Å². The third kappa shape index (κ3) is 3.24. The lowest BCUT2D eigenvalue weighted by molar-refractivity contribution is -0.387. The molecule has 0 atom stereocenters. The fourth-order valence-corrected chi connectivity index (χ4v) is 1.85. The summed E-state index contributed by atoms with van der Waals surface area (Å²) >= 11 is 1.07. The highest BCUT2D eigenvalue weighted by molar-refractivity contribution is 7.99. The maximum Gasteiger partial charge on any atom is 0.320 e. The Hall–Kier alpha value is -1.57. The van der Waals surface area contributed by atoms with Gasteiger partial charge in [-0.25, -0.2) is 0 Å². The van der Waals surface area contributed by atoms with E-state index in [1.165, 1.54) is 10.9 Å². The first kappa shape index (κ1) is 11.5. The molecule has 1 aromatic rings. The molecule has 0 radical (unpaired) electrons. The highest BCUT2D eigenvalue weighted by atomic mass is 32.2. The number of rotatable bonds is 5. The number of nitro groups is 1. The Balaban J connectivity index is 2.67. The van der Waals surface area contributed by atoms with Gasteiger partial charge in [-0.15, -0.1) is 0 Å². The number of aryl methyl sites for hydroxylation is 1. The van der Waals surface area contributed by atoms with E-state index in [2.05, 4.69) is 5.10 Å². The van der Waals surface area contributed by atoms with Crippen LogP contribution in [0.4, 0.5) is 5.69 Å². The summed E-state index contributed by atoms with van der Waals surface area (Å²) in [4.78, 5) is 20.3. The van der Waals surface area contributed by atoms with E-state index < -0.39 is 10.9 Å². The summed E-state index contributed by atoms with van der Waals surface area (Å²) in [7, 11) is 1.58. The molecule has 0 aliphatic heterocycles. The molecule has 0 saturated heterocycles. The number of aliphatic carboxylic acids is 1. The smallest absolute Gasteiger partial charge is 0.320 e. The van der Waals surface area contributed by atoms with Crippen LogP contribution in [0, 0.1) is 10.1 Å². The van der Waals surface area contributed by atoms with Gasteiger partial charge in [-0.2, -0.15) is 5.10 Å². The SMILES string of the molecule is Cn1cc([N+](=O)[O-])c(SCCC(=O)O)n1. The van der Waals surface area contributed by atoms with Crippen LogP contribution in [0.1, 0.15) is 6.42 Å². The molecule has 0 aliphatic rings. The number of thioether (sulfide) groups is 1. The van der Waals surface area contributed by atoms with Gasteiger partial charge in [0.05, 0.1) is 11.3 Å². The molecule has 0 bridgehead atoms. The number of aromatic nitrogens is 2. The van der Waals surface area contributed by atoms with E-state index in [0.29, 0.717) is 0 Å². The molecule has 0 saturated carbocycles. The molecule has 1 aromatic heterocycles. The molecule has 0 amide bonds. The standard InChI is InChI=1S/C7H9N3O4S/c1-9-4-5(10(13)14)7(8-9)15-3-2-6(11)12/h4H,2-3H2,1H3,(H,11,12). The Morgan fingerprint density at radius 3 is 3.00 bits per heavy atom. The van der Waals surface area contributed by atoms with Crippen LogP contribution in [0.5, 0.6) is 0 Å². The van der Waals surface area contributed by atoms with Crippen molar-refractivity contribution in [3.05, 3.63) is 16.3 Å². The van der Waals surface area contributed by atoms with Crippen LogP contribution in [-0.2, 0) is 11.8 Å². The fraction of sp³-hybridized carbons (Fsp3) is 0.429. The van der Waals surface area contributed by atoms with Crippen LogP contribution in [0.3, 0.4) is 0 Å². The normalized spacial score (nSPS) is 10.2. The molecule has 1 N–H and O–H groups in total. The second-order valence-corrected chi connectivity index (χ2v) is 3.83. The summed E-state index contributed by atoms with van der Waals surface area (Å²) in [5.74, 6) is -0.659. The van der Waals surface area contributed by atoms with Crippen molar-refractivity contribution in [3.8, 4) is 0 Å². The Kier molecular flexibility index (Phi) is 3.67. The van der Waals surface area contributed by atoms with E-state index in [-0.39, 0.29) is 22.9 Å². The van der Waals surface area contributed by atoms with E-state index >= 15 is 0 Å². The summed E-state index contributed by atoms with van der Waals surface area (Å²) in [5, 5.41) is 23.1. The molecule has 0 spiro atoms. The summed E-state index contributed by atoms with van der Waals surface area (Å²) in [5.41, 5.74) is -0.0899. The Morgan fingerprint density at radius 2 is 2.47 bits per heavy atom. The molecular formula is C7H9N3O4S. The molecule has 8 heteroatoms. The molecule has 7 nitrogen and oxygen atoms in total. The Labute approximate surface area is 89.2 Å². The number of hydrogen-bond acceptors (Lipinski definition) is 5. The minimum Gasteiger partial charge on any atom is -0.481 e. The van der Waals surface area contributed by atoms with Crippen molar-refractivity contribution in [2.75, 3.05) is 5.75 Å². The van der Waals surface area contributed by atoms with E-state index in [1.54, 1.807) is 7.05 Å². The van der Waals surface area contributed by atoms with Gasteiger partial charge >= 0.3 is 11.7 Å². The van der Waals surface area contributed by atoms with Gasteiger partial charge in [0.2, 0.25) is 0 Å². The number of hydrogen-bond donors (Lipinski definition) is 1. The quantitative estimate of drug-likeness (QED) is 0.459. The average Bonchev–Trinajstić information content (AvgIpc) is 2.46. The van der Waals surface area contributed by atoms with Crippen molar-refractivity contribution < 1.29 is 14.8 Å². The van der Waals surface area contributed by atoms with Crippen molar-refractivity contribution in [3.63, 3.8) is 0 Å². The number of nitrogens with zero attached hydrogens (tertiary/aromatic N) is 3. The Morgan fingerprint density at radius 1 is 1.80 bits per heavy atom. The average molecular weight is 231 g/mol. The van der Waals surface area contributed by atoms with Crippen molar-refractivity contribution in [2.45, 2.75) is 11.4 Å². The van der Waals surface area contributed by atoms with Gasteiger partial charge in [0, 0.05) is 12.8 Å². The second kappa shape index (κ2) is 4.78. The van der Waals surface area contributed by atoms with Crippen molar-refractivity contribution >= 4 is 23.4 Å². The predicted molar refractivity (Wildman–Crippen MR) is 52.8 cm³/mol. The maximum atomic E-state index is 10.6. The number of carboxylic acid groups (broad SMARTS) is 1. The van der Waals surface area contributed by atoms with Gasteiger partial charge in [0.15, 0.2) is 5.03 Å². The third-order valence-electron chi connectivity index (χ3n) is 1.53. The van der Waals surface area contributed by atoms with Crippen LogP contribution in [-0.4, -0.2) is 31.5 Å². The minimum atomic E-state index is -0.930. The molecule has 0 aromatic carbocycles. The lowest BCUT2D eigenvalue weighted by atomic mass is 10.5. The summed E-state index contributed by atoms with van der Waals surface area (Å²) in [6.07, 6.45) is 1.25. The maximum absolute atomic E-state index is 10.6. The molecule has 0 aliphatic carbocycles. The highest BCUT2D eigenvalue weighted by Gasteiger charge is 2.18. The third-order valence-corrected chi connectivity index (χ3v) is 2.50. The predicted octanol–water partition coefficient (Wildman–Crippen LogP) is 0.895. The van der Waals surface area contributed by atoms with Crippen molar-refractivity contribution in [2.24, 2.45) is 7.05 Å². The fourth-order valence-electron chi connectivity index (χ4n) is 0.919. The first-order valence-electron chi connectivity index (χ1n) is 4.03. The van der Waals surface area contributed by atoms with Gasteiger partial charge in [0.25, 0.3) is 0 Å². The molecule has 1 heterocycles. The molecule has 0 unspecified atom stereocenters. The zero-order chi connectivity index (χ0) is 11.4. The van der Waals surface area contributed by atoms with Crippen LogP contribution >= 0.6 is 11.8 Å². The van der Waals surface area contributed by atoms with Gasteiger partial charge < -0.3 is 5.11 Å². The van der Waals surface area contributed by atoms with Crippen LogP contribution in [0.2, 0.25) is 0 Å². The van der Waals surface area contributed by atoms with Gasteiger partial charge in [-0.3, -0.25) is 19.6 Å². The lowest BCUT2D eigenvalue weighted by Gasteiger charge is -1.93. The highest BCUT2D eigenvalue weighted by Crippen LogP contribution is 2.27. The van der Waals surface area contributed by atoms with Crippen molar-refractivity contribution in [1.29, 1.82) is 0 Å². The summed E-state index contributed by atoms with van der Waals surface area (Å²) in [6, 6.07) is 0. The molecule has 15 heavy (non-hydrogen) atoms. The minimum absolute atomic E-state index is 0.0433. The number of carbonyl (C=O) groups is 1. The van der Waals surface area contributed by atoms with E-state index in [1.807, 2.05) is 0 Å².